The zero-order valence-electron chi connectivity index (χ0n) is 19.8. The van der Waals surface area contributed by atoms with Gasteiger partial charge in [-0.2, -0.15) is 0 Å². The predicted molar refractivity (Wildman–Crippen MR) is 139 cm³/mol. The quantitative estimate of drug-likeness (QED) is 0.391. The number of benzene rings is 3. The van der Waals surface area contributed by atoms with Crippen LogP contribution in [0.4, 0.5) is 0 Å². The molecule has 1 atom stereocenters. The van der Waals surface area contributed by atoms with Gasteiger partial charge in [0.1, 0.15) is 11.8 Å². The summed E-state index contributed by atoms with van der Waals surface area (Å²) < 4.78 is 6.90. The molecule has 0 aromatic heterocycles. The van der Waals surface area contributed by atoms with E-state index in [0.29, 0.717) is 18.7 Å². The Morgan fingerprint density at radius 3 is 2.29 bits per heavy atom. The summed E-state index contributed by atoms with van der Waals surface area (Å²) in [6, 6.07) is 24.6. The van der Waals surface area contributed by atoms with Gasteiger partial charge in [-0.3, -0.25) is 9.59 Å². The maximum atomic E-state index is 13.5. The summed E-state index contributed by atoms with van der Waals surface area (Å²) in [7, 11) is 1.59. The molecule has 0 bridgehead atoms. The van der Waals surface area contributed by atoms with Crippen LogP contribution < -0.4 is 10.1 Å². The highest BCUT2D eigenvalue weighted by atomic mass is 79.9. The van der Waals surface area contributed by atoms with E-state index in [-0.39, 0.29) is 24.3 Å². The highest BCUT2D eigenvalue weighted by molar-refractivity contribution is 9.10. The van der Waals surface area contributed by atoms with Crippen LogP contribution in [0.5, 0.6) is 5.75 Å². The monoisotopic (exact) mass is 522 g/mol. The number of carbonyl (C=O) groups excluding carboxylic acids is 2. The summed E-state index contributed by atoms with van der Waals surface area (Å²) in [5.74, 6) is 0.492. The molecule has 0 aliphatic carbocycles. The van der Waals surface area contributed by atoms with Crippen LogP contribution in [0.2, 0.25) is 0 Å². The molecule has 0 saturated carbocycles. The van der Waals surface area contributed by atoms with E-state index >= 15 is 0 Å². The van der Waals surface area contributed by atoms with Crippen molar-refractivity contribution in [2.75, 3.05) is 13.7 Å². The Morgan fingerprint density at radius 2 is 1.62 bits per heavy atom. The van der Waals surface area contributed by atoms with Crippen molar-refractivity contribution in [3.05, 3.63) is 100 Å². The zero-order chi connectivity index (χ0) is 24.5. The Labute approximate surface area is 210 Å². The third-order valence-corrected chi connectivity index (χ3v) is 6.14. The minimum atomic E-state index is -0.678. The summed E-state index contributed by atoms with van der Waals surface area (Å²) in [5.41, 5.74) is 2.95. The number of para-hydroxylation sites is 1. The molecular weight excluding hydrogens is 492 g/mol. The van der Waals surface area contributed by atoms with Crippen LogP contribution in [-0.2, 0) is 22.6 Å². The van der Waals surface area contributed by atoms with Crippen molar-refractivity contribution in [1.29, 1.82) is 0 Å². The lowest BCUT2D eigenvalue weighted by Crippen LogP contribution is -2.51. The van der Waals surface area contributed by atoms with E-state index in [4.69, 9.17) is 4.74 Å². The summed E-state index contributed by atoms with van der Waals surface area (Å²) in [4.78, 5) is 28.1. The van der Waals surface area contributed by atoms with Gasteiger partial charge in [-0.25, -0.2) is 0 Å². The van der Waals surface area contributed by atoms with Crippen LogP contribution in [0.1, 0.15) is 36.5 Å². The van der Waals surface area contributed by atoms with Gasteiger partial charge in [0.25, 0.3) is 5.91 Å². The first-order valence-electron chi connectivity index (χ1n) is 11.4. The van der Waals surface area contributed by atoms with E-state index in [9.17, 15) is 9.59 Å². The van der Waals surface area contributed by atoms with Crippen LogP contribution >= 0.6 is 15.9 Å². The van der Waals surface area contributed by atoms with E-state index in [2.05, 4.69) is 35.1 Å². The van der Waals surface area contributed by atoms with Crippen molar-refractivity contribution in [3.8, 4) is 5.75 Å². The Morgan fingerprint density at radius 1 is 0.941 bits per heavy atom. The van der Waals surface area contributed by atoms with E-state index in [1.807, 2.05) is 78.9 Å². The maximum absolute atomic E-state index is 13.5. The number of nitrogens with one attached hydrogen (secondary N) is 1. The maximum Gasteiger partial charge on any atom is 0.261 e. The fraction of sp³-hybridized carbons (Fsp3) is 0.286. The Balaban J connectivity index is 1.89. The number of nitrogens with zero attached hydrogens (tertiary/aromatic N) is 1. The third kappa shape index (κ3) is 6.94. The first-order valence-corrected chi connectivity index (χ1v) is 12.2. The van der Waals surface area contributed by atoms with Gasteiger partial charge in [-0.05, 0) is 40.8 Å². The van der Waals surface area contributed by atoms with Gasteiger partial charge in [0.15, 0.2) is 6.61 Å². The van der Waals surface area contributed by atoms with Crippen LogP contribution in [0.3, 0.4) is 0 Å². The summed E-state index contributed by atoms with van der Waals surface area (Å²) in [6.45, 7) is 4.31. The first-order chi connectivity index (χ1) is 16.4. The van der Waals surface area contributed by atoms with E-state index in [0.717, 1.165) is 21.2 Å². The minimum absolute atomic E-state index is 0.153. The second-order valence-corrected chi connectivity index (χ2v) is 9.37. The molecule has 178 valence electrons. The largest absolute Gasteiger partial charge is 0.483 e. The van der Waals surface area contributed by atoms with Gasteiger partial charge in [-0.15, -0.1) is 0 Å². The number of likely N-dealkylation sites (N-methyl/N-ethyl adjacent to an activating group) is 1. The lowest BCUT2D eigenvalue weighted by molar-refractivity contribution is -0.142. The van der Waals surface area contributed by atoms with Crippen molar-refractivity contribution in [3.63, 3.8) is 0 Å². The number of carbonyl (C=O) groups is 2. The van der Waals surface area contributed by atoms with Gasteiger partial charge in [0.2, 0.25) is 5.91 Å². The summed E-state index contributed by atoms with van der Waals surface area (Å²) in [6.07, 6.45) is 0.406. The molecule has 6 heteroatoms. The van der Waals surface area contributed by atoms with Crippen molar-refractivity contribution in [2.45, 2.75) is 38.8 Å². The molecule has 0 saturated heterocycles. The molecule has 34 heavy (non-hydrogen) atoms. The molecule has 3 aromatic carbocycles. The van der Waals surface area contributed by atoms with Crippen LogP contribution in [0, 0.1) is 0 Å². The number of halogens is 1. The van der Waals surface area contributed by atoms with Gasteiger partial charge >= 0.3 is 0 Å². The topological polar surface area (TPSA) is 58.6 Å². The molecule has 0 fully saturated rings. The van der Waals surface area contributed by atoms with Crippen molar-refractivity contribution < 1.29 is 14.3 Å². The SMILES string of the molecule is CNC(=O)C(Cc1ccccc1)N(Cc1cccc(Br)c1)C(=O)COc1ccccc1C(C)C. The second-order valence-electron chi connectivity index (χ2n) is 8.45. The Hall–Kier alpha value is -3.12. The number of amides is 2. The number of hydrogen-bond acceptors (Lipinski definition) is 3. The third-order valence-electron chi connectivity index (χ3n) is 5.65. The van der Waals surface area contributed by atoms with Gasteiger partial charge in [0, 0.05) is 24.5 Å². The van der Waals surface area contributed by atoms with Gasteiger partial charge in [0.05, 0.1) is 0 Å². The molecule has 0 heterocycles. The summed E-state index contributed by atoms with van der Waals surface area (Å²) >= 11 is 3.50. The molecule has 0 aliphatic rings. The van der Waals surface area contributed by atoms with Crippen LogP contribution in [-0.4, -0.2) is 36.4 Å². The average Bonchev–Trinajstić information content (AvgIpc) is 2.85. The van der Waals surface area contributed by atoms with Crippen molar-refractivity contribution >= 4 is 27.7 Å². The van der Waals surface area contributed by atoms with E-state index in [1.54, 1.807) is 11.9 Å². The van der Waals surface area contributed by atoms with E-state index < -0.39 is 6.04 Å². The van der Waals surface area contributed by atoms with Gasteiger partial charge < -0.3 is 15.0 Å². The highest BCUT2D eigenvalue weighted by Gasteiger charge is 2.30. The van der Waals surface area contributed by atoms with E-state index in [1.165, 1.54) is 0 Å². The van der Waals surface area contributed by atoms with Crippen LogP contribution in [0.25, 0.3) is 0 Å². The lowest BCUT2D eigenvalue weighted by Gasteiger charge is -2.31. The zero-order valence-corrected chi connectivity index (χ0v) is 21.4. The molecule has 0 spiro atoms. The standard InChI is InChI=1S/C28H31BrN2O3/c1-20(2)24-14-7-8-15-26(24)34-19-27(32)31(18-22-12-9-13-23(29)16-22)25(28(33)30-3)17-21-10-5-4-6-11-21/h4-16,20,25H,17-19H2,1-3H3,(H,30,33). The summed E-state index contributed by atoms with van der Waals surface area (Å²) in [5, 5.41) is 2.73. The number of ether oxygens (including phenoxy) is 1. The van der Waals surface area contributed by atoms with Crippen molar-refractivity contribution in [1.82, 2.24) is 10.2 Å². The second kappa shape index (κ2) is 12.4. The molecule has 5 nitrogen and oxygen atoms in total. The van der Waals surface area contributed by atoms with Crippen LogP contribution in [0.15, 0.2) is 83.3 Å². The predicted octanol–water partition coefficient (Wildman–Crippen LogP) is 5.34. The molecule has 1 unspecified atom stereocenters. The van der Waals surface area contributed by atoms with Crippen molar-refractivity contribution in [2.24, 2.45) is 0 Å². The molecule has 0 radical (unpaired) electrons. The number of rotatable bonds is 10. The molecular formula is C28H31BrN2O3. The fourth-order valence-corrected chi connectivity index (χ4v) is 4.31. The minimum Gasteiger partial charge on any atom is -0.483 e. The Bertz CT molecular complexity index is 1100. The highest BCUT2D eigenvalue weighted by Crippen LogP contribution is 2.26. The number of hydrogen-bond donors (Lipinski definition) is 1. The first kappa shape index (κ1) is 25.5. The smallest absolute Gasteiger partial charge is 0.261 e. The fourth-order valence-electron chi connectivity index (χ4n) is 3.86. The molecule has 1 N–H and O–H groups in total. The molecule has 3 aromatic rings. The molecule has 0 aliphatic heterocycles. The average molecular weight is 523 g/mol. The lowest BCUT2D eigenvalue weighted by atomic mass is 10.0. The molecule has 2 amide bonds. The molecule has 3 rings (SSSR count). The van der Waals surface area contributed by atoms with Gasteiger partial charge in [-0.1, -0.05) is 90.4 Å². The normalized spacial score (nSPS) is 11.7. The Kier molecular flexibility index (Phi) is 9.28.